The molecule has 0 spiro atoms. The van der Waals surface area contributed by atoms with Crippen molar-refractivity contribution in [3.8, 4) is 17.6 Å². The van der Waals surface area contributed by atoms with E-state index in [1.54, 1.807) is 0 Å². The van der Waals surface area contributed by atoms with Gasteiger partial charge in [-0.15, -0.1) is 0 Å². The first-order valence-corrected chi connectivity index (χ1v) is 10.3. The highest BCUT2D eigenvalue weighted by Gasteiger charge is 2.32. The van der Waals surface area contributed by atoms with Crippen molar-refractivity contribution in [1.82, 2.24) is 24.1 Å². The van der Waals surface area contributed by atoms with E-state index in [4.69, 9.17) is 4.74 Å². The molecule has 12 nitrogen and oxygen atoms in total. The van der Waals surface area contributed by atoms with Crippen LogP contribution in [-0.2, 0) is 25.0 Å². The molecule has 0 aromatic carbocycles. The van der Waals surface area contributed by atoms with E-state index in [0.717, 1.165) is 4.57 Å². The van der Waals surface area contributed by atoms with E-state index >= 15 is 0 Å². The lowest BCUT2D eigenvalue weighted by Gasteiger charge is -2.12. The number of nitriles is 1. The Morgan fingerprint density at radius 3 is 2.65 bits per heavy atom. The van der Waals surface area contributed by atoms with Gasteiger partial charge in [-0.25, -0.2) is 14.8 Å². The highest BCUT2D eigenvalue weighted by Crippen LogP contribution is 2.33. The van der Waals surface area contributed by atoms with Gasteiger partial charge in [-0.1, -0.05) is 0 Å². The summed E-state index contributed by atoms with van der Waals surface area (Å²) in [5.74, 6) is 0.356. The summed E-state index contributed by atoms with van der Waals surface area (Å²) in [6, 6.07) is 5.56. The maximum atomic E-state index is 13.2. The van der Waals surface area contributed by atoms with Gasteiger partial charge in [0.1, 0.15) is 34.4 Å². The first kappa shape index (κ1) is 25.0. The van der Waals surface area contributed by atoms with Crippen molar-refractivity contribution in [2.45, 2.75) is 6.18 Å². The third-order valence-electron chi connectivity index (χ3n) is 5.11. The number of hydrogen-bond donors (Lipinski definition) is 2. The van der Waals surface area contributed by atoms with Crippen LogP contribution in [0.4, 0.5) is 35.4 Å². The summed E-state index contributed by atoms with van der Waals surface area (Å²) >= 11 is 0. The van der Waals surface area contributed by atoms with E-state index in [1.165, 1.54) is 50.3 Å². The lowest BCUT2D eigenvalue weighted by Crippen LogP contribution is -2.23. The van der Waals surface area contributed by atoms with E-state index in [-0.39, 0.29) is 45.7 Å². The number of amides is 1. The van der Waals surface area contributed by atoms with Gasteiger partial charge in [-0.05, 0) is 12.1 Å². The van der Waals surface area contributed by atoms with Gasteiger partial charge in [0.25, 0.3) is 5.56 Å². The van der Waals surface area contributed by atoms with Crippen molar-refractivity contribution >= 4 is 34.7 Å². The highest BCUT2D eigenvalue weighted by atomic mass is 19.4. The number of halogens is 3. The molecule has 15 heteroatoms. The molecular weight excluding hydrogens is 497 g/mol. The van der Waals surface area contributed by atoms with E-state index in [0.29, 0.717) is 12.3 Å². The zero-order valence-corrected chi connectivity index (χ0v) is 19.4. The average molecular weight is 514 g/mol. The number of aryl methyl sites for hydroxylation is 2. The van der Waals surface area contributed by atoms with Crippen LogP contribution in [0.3, 0.4) is 0 Å². The average Bonchev–Trinajstić information content (AvgIpc) is 3.16. The number of carbonyl (C=O) groups excluding carboxylic acids is 1. The van der Waals surface area contributed by atoms with Gasteiger partial charge in [-0.2, -0.15) is 23.4 Å². The van der Waals surface area contributed by atoms with Gasteiger partial charge in [0.2, 0.25) is 5.95 Å². The largest absolute Gasteiger partial charge is 0.454 e. The molecule has 0 saturated heterocycles. The minimum atomic E-state index is -4.67. The topological polar surface area (TPSA) is 149 Å². The Balaban J connectivity index is 1.72. The molecule has 0 saturated carbocycles. The van der Waals surface area contributed by atoms with Crippen LogP contribution in [0.1, 0.15) is 11.1 Å². The second-order valence-electron chi connectivity index (χ2n) is 7.55. The molecule has 4 heterocycles. The summed E-state index contributed by atoms with van der Waals surface area (Å²) in [6.07, 6.45) is -2.12. The van der Waals surface area contributed by atoms with Crippen LogP contribution in [0, 0.1) is 11.3 Å². The number of nitrogens with one attached hydrogen (secondary N) is 2. The summed E-state index contributed by atoms with van der Waals surface area (Å²) < 4.78 is 52.2. The molecule has 1 amide bonds. The number of pyridine rings is 3. The van der Waals surface area contributed by atoms with Crippen molar-refractivity contribution < 1.29 is 27.4 Å². The van der Waals surface area contributed by atoms with E-state index in [1.807, 2.05) is 6.07 Å². The maximum Gasteiger partial charge on any atom is 0.417 e. The van der Waals surface area contributed by atoms with Crippen molar-refractivity contribution in [2.24, 2.45) is 14.1 Å². The molecule has 4 rings (SSSR count). The number of nitrogens with zero attached hydrogens (tertiary/aromatic N) is 6. The van der Waals surface area contributed by atoms with Crippen LogP contribution in [0.25, 0.3) is 11.2 Å². The molecule has 0 bridgehead atoms. The van der Waals surface area contributed by atoms with Crippen molar-refractivity contribution in [3.63, 3.8) is 0 Å². The van der Waals surface area contributed by atoms with Gasteiger partial charge < -0.3 is 23.9 Å². The molecule has 0 aliphatic rings. The summed E-state index contributed by atoms with van der Waals surface area (Å²) in [5, 5.41) is 14.8. The fourth-order valence-corrected chi connectivity index (χ4v) is 3.35. The SMILES string of the molecule is COC(=O)Nc1cc(Oc2cnc3nc(Nc4cc(C(F)(F)F)cn(C)c4=O)n(C)c3c2C#N)ccn1. The van der Waals surface area contributed by atoms with Crippen LogP contribution >= 0.6 is 0 Å². The van der Waals surface area contributed by atoms with Gasteiger partial charge in [0.15, 0.2) is 11.4 Å². The van der Waals surface area contributed by atoms with Gasteiger partial charge in [-0.3, -0.25) is 10.1 Å². The number of fused-ring (bicyclic) bond motifs is 1. The lowest BCUT2D eigenvalue weighted by molar-refractivity contribution is -0.138. The molecule has 0 fully saturated rings. The Bertz CT molecular complexity index is 1620. The molecule has 37 heavy (non-hydrogen) atoms. The number of ether oxygens (including phenoxy) is 2. The molecule has 4 aromatic rings. The van der Waals surface area contributed by atoms with Crippen molar-refractivity contribution in [3.05, 3.63) is 58.3 Å². The Kier molecular flexibility index (Phi) is 6.41. The zero-order valence-electron chi connectivity index (χ0n) is 19.4. The first-order chi connectivity index (χ1) is 17.5. The molecular formula is C22H17F3N8O4. The lowest BCUT2D eigenvalue weighted by atomic mass is 10.2. The fourth-order valence-electron chi connectivity index (χ4n) is 3.35. The predicted octanol–water partition coefficient (Wildman–Crippen LogP) is 3.67. The monoisotopic (exact) mass is 514 g/mol. The highest BCUT2D eigenvalue weighted by molar-refractivity contribution is 5.85. The van der Waals surface area contributed by atoms with Gasteiger partial charge in [0, 0.05) is 32.6 Å². The van der Waals surface area contributed by atoms with Crippen LogP contribution < -0.4 is 20.9 Å². The third kappa shape index (κ3) is 4.98. The number of rotatable bonds is 5. The minimum absolute atomic E-state index is 0.0179. The molecule has 2 N–H and O–H groups in total. The van der Waals surface area contributed by atoms with Crippen LogP contribution in [0.15, 0.2) is 41.6 Å². The Labute approximate surface area is 205 Å². The molecule has 0 radical (unpaired) electrons. The second-order valence-corrected chi connectivity index (χ2v) is 7.55. The van der Waals surface area contributed by atoms with Crippen molar-refractivity contribution in [2.75, 3.05) is 17.7 Å². The summed E-state index contributed by atoms with van der Waals surface area (Å²) in [4.78, 5) is 36.2. The van der Waals surface area contributed by atoms with E-state index < -0.39 is 23.4 Å². The Morgan fingerprint density at radius 1 is 1.22 bits per heavy atom. The number of carbonyl (C=O) groups is 1. The molecule has 0 unspecified atom stereocenters. The van der Waals surface area contributed by atoms with Crippen LogP contribution in [0.2, 0.25) is 0 Å². The Hall–Kier alpha value is -5.13. The third-order valence-corrected chi connectivity index (χ3v) is 5.11. The van der Waals surface area contributed by atoms with Gasteiger partial charge >= 0.3 is 12.3 Å². The van der Waals surface area contributed by atoms with Gasteiger partial charge in [0.05, 0.1) is 18.9 Å². The standard InChI is InChI=1S/C22H17F3N8O4/c1-32-10-11(22(23,24)25)6-14(19(32)34)29-20-31-18-17(33(20)2)13(8-26)15(9-28-18)37-12-4-5-27-16(7-12)30-21(35)36-3/h4-7,9-10H,1-3H3,(H,27,30,35)(H,28,29,31). The number of anilines is 3. The number of aromatic nitrogens is 5. The quantitative estimate of drug-likeness (QED) is 0.407. The summed E-state index contributed by atoms with van der Waals surface area (Å²) in [7, 11) is 3.88. The fraction of sp³-hybridized carbons (Fsp3) is 0.182. The molecule has 4 aromatic heterocycles. The van der Waals surface area contributed by atoms with E-state index in [9.17, 15) is 28.0 Å². The van der Waals surface area contributed by atoms with E-state index in [2.05, 4.69) is 30.3 Å². The summed E-state index contributed by atoms with van der Waals surface area (Å²) in [6.45, 7) is 0. The number of imidazole rings is 1. The molecule has 190 valence electrons. The number of alkyl halides is 3. The van der Waals surface area contributed by atoms with Crippen LogP contribution in [0.5, 0.6) is 11.5 Å². The zero-order chi connectivity index (χ0) is 26.9. The molecule has 0 aliphatic carbocycles. The molecule has 0 aliphatic heterocycles. The normalized spacial score (nSPS) is 11.2. The smallest absolute Gasteiger partial charge is 0.417 e. The predicted molar refractivity (Wildman–Crippen MR) is 124 cm³/mol. The molecule has 0 atom stereocenters. The number of methoxy groups -OCH3 is 1. The van der Waals surface area contributed by atoms with Crippen molar-refractivity contribution in [1.29, 1.82) is 5.26 Å². The summed E-state index contributed by atoms with van der Waals surface area (Å²) in [5.41, 5.74) is -1.81. The Morgan fingerprint density at radius 2 is 1.97 bits per heavy atom. The minimum Gasteiger partial charge on any atom is -0.454 e. The first-order valence-electron chi connectivity index (χ1n) is 10.3. The van der Waals surface area contributed by atoms with Crippen LogP contribution in [-0.4, -0.2) is 37.3 Å². The maximum absolute atomic E-state index is 13.2. The second kappa shape index (κ2) is 9.49. The number of hydrogen-bond acceptors (Lipinski definition) is 9.